The summed E-state index contributed by atoms with van der Waals surface area (Å²) in [6, 6.07) is 10.0. The van der Waals surface area contributed by atoms with Gasteiger partial charge in [-0.3, -0.25) is 0 Å². The third-order valence-electron chi connectivity index (χ3n) is 3.39. The van der Waals surface area contributed by atoms with Crippen LogP contribution in [0.3, 0.4) is 0 Å². The summed E-state index contributed by atoms with van der Waals surface area (Å²) in [5.74, 6) is 0.831. The Morgan fingerprint density at radius 3 is 2.90 bits per heavy atom. The average molecular weight is 267 g/mol. The molecule has 5 nitrogen and oxygen atoms in total. The van der Waals surface area contributed by atoms with Gasteiger partial charge in [-0.15, -0.1) is 0 Å². The van der Waals surface area contributed by atoms with Crippen LogP contribution in [0.25, 0.3) is 11.0 Å². The highest BCUT2D eigenvalue weighted by Crippen LogP contribution is 2.16. The Kier molecular flexibility index (Phi) is 3.02. The molecule has 0 amide bonds. The Hall–Kier alpha value is -2.56. The molecule has 3 N–H and O–H groups in total. The molecule has 0 bridgehead atoms. The smallest absolute Gasteiger partial charge is 0.126 e. The molecule has 0 spiro atoms. The number of aromatic nitrogens is 3. The summed E-state index contributed by atoms with van der Waals surface area (Å²) in [6.45, 7) is 2.61. The van der Waals surface area contributed by atoms with Crippen LogP contribution < -0.4 is 11.1 Å². The zero-order valence-electron chi connectivity index (χ0n) is 11.6. The van der Waals surface area contributed by atoms with Gasteiger partial charge in [-0.2, -0.15) is 0 Å². The number of nitrogen functional groups attached to an aromatic ring is 1. The zero-order valence-corrected chi connectivity index (χ0v) is 11.6. The number of anilines is 2. The topological polar surface area (TPSA) is 68.8 Å². The molecule has 0 aliphatic rings. The van der Waals surface area contributed by atoms with Crippen molar-refractivity contribution in [2.24, 2.45) is 7.05 Å². The van der Waals surface area contributed by atoms with E-state index in [1.165, 1.54) is 5.56 Å². The Bertz CT molecular complexity index is 760. The Labute approximate surface area is 117 Å². The summed E-state index contributed by atoms with van der Waals surface area (Å²) in [6.07, 6.45) is 1.83. The fraction of sp³-hybridized carbons (Fsp3) is 0.200. The Morgan fingerprint density at radius 1 is 1.25 bits per heavy atom. The normalized spacial score (nSPS) is 10.9. The average Bonchev–Trinajstić information content (AvgIpc) is 2.81. The number of pyridine rings is 1. The highest BCUT2D eigenvalue weighted by Gasteiger charge is 2.02. The molecule has 1 aromatic carbocycles. The van der Waals surface area contributed by atoms with Gasteiger partial charge in [-0.05, 0) is 36.8 Å². The van der Waals surface area contributed by atoms with Crippen molar-refractivity contribution in [3.8, 4) is 0 Å². The third-order valence-corrected chi connectivity index (χ3v) is 3.39. The van der Waals surface area contributed by atoms with E-state index in [-0.39, 0.29) is 0 Å². The van der Waals surface area contributed by atoms with E-state index in [2.05, 4.69) is 33.5 Å². The number of fused-ring (bicyclic) bond motifs is 1. The van der Waals surface area contributed by atoms with Crippen LogP contribution in [0.2, 0.25) is 0 Å². The van der Waals surface area contributed by atoms with Crippen molar-refractivity contribution in [1.29, 1.82) is 0 Å². The van der Waals surface area contributed by atoms with Crippen molar-refractivity contribution in [2.45, 2.75) is 13.5 Å². The molecule has 0 unspecified atom stereocenters. The minimum Gasteiger partial charge on any atom is -0.397 e. The third kappa shape index (κ3) is 2.30. The fourth-order valence-electron chi connectivity index (χ4n) is 2.15. The Morgan fingerprint density at radius 2 is 2.10 bits per heavy atom. The molecule has 0 saturated heterocycles. The number of nitrogens with two attached hydrogens (primary N) is 1. The van der Waals surface area contributed by atoms with Gasteiger partial charge < -0.3 is 15.6 Å². The minimum absolute atomic E-state index is 0.711. The molecule has 0 saturated carbocycles. The van der Waals surface area contributed by atoms with Crippen molar-refractivity contribution < 1.29 is 0 Å². The van der Waals surface area contributed by atoms with Crippen molar-refractivity contribution in [2.75, 3.05) is 11.1 Å². The lowest BCUT2D eigenvalue weighted by Crippen LogP contribution is -2.03. The van der Waals surface area contributed by atoms with Crippen molar-refractivity contribution in [3.63, 3.8) is 0 Å². The van der Waals surface area contributed by atoms with Crippen LogP contribution in [0.5, 0.6) is 0 Å². The molecular formula is C15H17N5. The lowest BCUT2D eigenvalue weighted by atomic mass is 10.2. The fourth-order valence-corrected chi connectivity index (χ4v) is 2.15. The summed E-state index contributed by atoms with van der Waals surface area (Å²) < 4.78 is 2.01. The molecule has 0 aliphatic heterocycles. The molecule has 0 radical (unpaired) electrons. The number of hydrogen-bond donors (Lipinski definition) is 2. The van der Waals surface area contributed by atoms with Crippen LogP contribution in [0.4, 0.5) is 11.5 Å². The van der Waals surface area contributed by atoms with Crippen LogP contribution >= 0.6 is 0 Å². The van der Waals surface area contributed by atoms with Crippen molar-refractivity contribution in [1.82, 2.24) is 14.5 Å². The number of nitrogens with zero attached hydrogens (tertiary/aromatic N) is 3. The van der Waals surface area contributed by atoms with E-state index < -0.39 is 0 Å². The second kappa shape index (κ2) is 4.85. The second-order valence-corrected chi connectivity index (χ2v) is 4.90. The molecule has 102 valence electrons. The molecular weight excluding hydrogens is 250 g/mol. The van der Waals surface area contributed by atoms with E-state index in [1.807, 2.05) is 37.0 Å². The number of rotatable bonds is 3. The lowest BCUT2D eigenvalue weighted by molar-refractivity contribution is 0.947. The monoisotopic (exact) mass is 267 g/mol. The minimum atomic E-state index is 0.711. The molecule has 0 atom stereocenters. The molecule has 0 aliphatic carbocycles. The predicted octanol–water partition coefficient (Wildman–Crippen LogP) is 2.47. The molecule has 2 heterocycles. The van der Waals surface area contributed by atoms with E-state index in [0.29, 0.717) is 12.2 Å². The van der Waals surface area contributed by atoms with Gasteiger partial charge in [0.15, 0.2) is 0 Å². The quantitative estimate of drug-likeness (QED) is 0.765. The number of hydrogen-bond acceptors (Lipinski definition) is 4. The number of imidazole rings is 1. The first-order valence-corrected chi connectivity index (χ1v) is 6.50. The maximum atomic E-state index is 5.76. The zero-order chi connectivity index (χ0) is 14.1. The summed E-state index contributed by atoms with van der Waals surface area (Å²) in [5, 5.41) is 3.30. The van der Waals surface area contributed by atoms with Gasteiger partial charge in [0.05, 0.1) is 28.7 Å². The summed E-state index contributed by atoms with van der Waals surface area (Å²) >= 11 is 0. The first kappa shape index (κ1) is 12.5. The number of nitrogens with one attached hydrogen (secondary N) is 1. The molecule has 2 aromatic heterocycles. The first-order chi connectivity index (χ1) is 9.63. The van der Waals surface area contributed by atoms with Gasteiger partial charge in [0.1, 0.15) is 5.82 Å². The number of benzene rings is 1. The van der Waals surface area contributed by atoms with E-state index in [1.54, 1.807) is 0 Å². The van der Waals surface area contributed by atoms with E-state index >= 15 is 0 Å². The van der Waals surface area contributed by atoms with Gasteiger partial charge in [-0.1, -0.05) is 6.07 Å². The maximum absolute atomic E-state index is 5.76. The van der Waals surface area contributed by atoms with Crippen molar-refractivity contribution in [3.05, 3.63) is 47.9 Å². The lowest BCUT2D eigenvalue weighted by Gasteiger charge is -2.08. The SMILES string of the molecule is Cc1nc(NCc2ccc3c(c2)ncn3C)ccc1N. The first-order valence-electron chi connectivity index (χ1n) is 6.50. The summed E-state index contributed by atoms with van der Waals surface area (Å²) in [7, 11) is 1.99. The molecule has 3 rings (SSSR count). The number of aryl methyl sites for hydroxylation is 2. The highest BCUT2D eigenvalue weighted by atomic mass is 15.0. The van der Waals surface area contributed by atoms with E-state index in [9.17, 15) is 0 Å². The van der Waals surface area contributed by atoms with E-state index in [0.717, 1.165) is 22.5 Å². The van der Waals surface area contributed by atoms with E-state index in [4.69, 9.17) is 5.73 Å². The summed E-state index contributed by atoms with van der Waals surface area (Å²) in [4.78, 5) is 8.76. The van der Waals surface area contributed by atoms with Crippen LogP contribution in [0.1, 0.15) is 11.3 Å². The van der Waals surface area contributed by atoms with Crippen LogP contribution in [-0.4, -0.2) is 14.5 Å². The van der Waals surface area contributed by atoms with Gasteiger partial charge in [0.2, 0.25) is 0 Å². The largest absolute Gasteiger partial charge is 0.397 e. The van der Waals surface area contributed by atoms with Crippen molar-refractivity contribution >= 4 is 22.5 Å². The van der Waals surface area contributed by atoms with Gasteiger partial charge in [0, 0.05) is 13.6 Å². The van der Waals surface area contributed by atoms with Crippen LogP contribution in [0.15, 0.2) is 36.7 Å². The predicted molar refractivity (Wildman–Crippen MR) is 81.4 cm³/mol. The van der Waals surface area contributed by atoms with Crippen LogP contribution in [0, 0.1) is 6.92 Å². The molecule has 5 heteroatoms. The second-order valence-electron chi connectivity index (χ2n) is 4.90. The van der Waals surface area contributed by atoms with Crippen LogP contribution in [-0.2, 0) is 13.6 Å². The molecule has 20 heavy (non-hydrogen) atoms. The van der Waals surface area contributed by atoms with Gasteiger partial charge in [-0.25, -0.2) is 9.97 Å². The Balaban J connectivity index is 1.77. The summed E-state index contributed by atoms with van der Waals surface area (Å²) in [5.41, 5.74) is 10.6. The maximum Gasteiger partial charge on any atom is 0.126 e. The molecule has 0 fully saturated rings. The standard InChI is InChI=1S/C15H17N5/c1-10-12(16)4-6-15(19-10)17-8-11-3-5-14-13(7-11)18-9-20(14)2/h3-7,9H,8,16H2,1-2H3,(H,17,19). The van der Waals surface area contributed by atoms with Gasteiger partial charge in [0.25, 0.3) is 0 Å². The highest BCUT2D eigenvalue weighted by molar-refractivity contribution is 5.76. The molecule has 3 aromatic rings. The van der Waals surface area contributed by atoms with Gasteiger partial charge >= 0.3 is 0 Å².